The van der Waals surface area contributed by atoms with Crippen LogP contribution >= 0.6 is 0 Å². The van der Waals surface area contributed by atoms with Gasteiger partial charge in [-0.15, -0.1) is 0 Å². The van der Waals surface area contributed by atoms with Gasteiger partial charge < -0.3 is 9.72 Å². The van der Waals surface area contributed by atoms with E-state index >= 15 is 0 Å². The van der Waals surface area contributed by atoms with Crippen LogP contribution in [-0.2, 0) is 11.3 Å². The molecule has 5 nitrogen and oxygen atoms in total. The molecule has 0 bridgehead atoms. The third-order valence-corrected chi connectivity index (χ3v) is 3.08. The SMILES string of the molecule is O=C(OCc1nc2ccccc2c(=O)[nH]1)c1ccc(F)cc1. The molecule has 0 unspecified atom stereocenters. The molecule has 0 atom stereocenters. The highest BCUT2D eigenvalue weighted by Gasteiger charge is 2.09. The summed E-state index contributed by atoms with van der Waals surface area (Å²) >= 11 is 0. The Labute approximate surface area is 124 Å². The molecule has 0 aliphatic carbocycles. The molecule has 1 aromatic heterocycles. The first kappa shape index (κ1) is 13.9. The molecule has 3 aromatic rings. The summed E-state index contributed by atoms with van der Waals surface area (Å²) < 4.78 is 17.9. The van der Waals surface area contributed by atoms with Crippen LogP contribution in [0.2, 0.25) is 0 Å². The second-order valence-corrected chi connectivity index (χ2v) is 4.61. The number of carbonyl (C=O) groups excluding carboxylic acids is 1. The minimum Gasteiger partial charge on any atom is -0.454 e. The fourth-order valence-corrected chi connectivity index (χ4v) is 2.01. The summed E-state index contributed by atoms with van der Waals surface area (Å²) in [6.45, 7) is -0.170. The van der Waals surface area contributed by atoms with E-state index in [1.54, 1.807) is 24.3 Å². The summed E-state index contributed by atoms with van der Waals surface area (Å²) in [5, 5.41) is 0.469. The highest BCUT2D eigenvalue weighted by Crippen LogP contribution is 2.08. The molecule has 0 spiro atoms. The Morgan fingerprint density at radius 3 is 2.64 bits per heavy atom. The lowest BCUT2D eigenvalue weighted by atomic mass is 10.2. The number of hydrogen-bond donors (Lipinski definition) is 1. The number of ether oxygens (including phenoxy) is 1. The van der Waals surface area contributed by atoms with Crippen molar-refractivity contribution in [2.45, 2.75) is 6.61 Å². The maximum absolute atomic E-state index is 12.8. The zero-order valence-electron chi connectivity index (χ0n) is 11.4. The summed E-state index contributed by atoms with van der Waals surface area (Å²) in [5.74, 6) is -0.799. The van der Waals surface area contributed by atoms with E-state index in [2.05, 4.69) is 9.97 Å². The maximum Gasteiger partial charge on any atom is 0.338 e. The van der Waals surface area contributed by atoms with Gasteiger partial charge in [-0.05, 0) is 36.4 Å². The normalized spacial score (nSPS) is 10.6. The van der Waals surface area contributed by atoms with E-state index in [1.165, 1.54) is 24.3 Å². The molecule has 6 heteroatoms. The van der Waals surface area contributed by atoms with Crippen molar-refractivity contribution in [3.05, 3.63) is 76.1 Å². The van der Waals surface area contributed by atoms with Gasteiger partial charge in [0, 0.05) is 0 Å². The second kappa shape index (κ2) is 5.77. The maximum atomic E-state index is 12.8. The lowest BCUT2D eigenvalue weighted by Crippen LogP contribution is -2.14. The Morgan fingerprint density at radius 1 is 1.14 bits per heavy atom. The van der Waals surface area contributed by atoms with Gasteiger partial charge in [-0.25, -0.2) is 14.2 Å². The van der Waals surface area contributed by atoms with Crippen molar-refractivity contribution < 1.29 is 13.9 Å². The van der Waals surface area contributed by atoms with Gasteiger partial charge in [-0.1, -0.05) is 12.1 Å². The first-order chi connectivity index (χ1) is 10.6. The monoisotopic (exact) mass is 298 g/mol. The Bertz CT molecular complexity index is 888. The van der Waals surface area contributed by atoms with Crippen molar-refractivity contribution in [1.29, 1.82) is 0 Å². The van der Waals surface area contributed by atoms with Crippen LogP contribution in [0.3, 0.4) is 0 Å². The number of H-pyrrole nitrogens is 1. The lowest BCUT2D eigenvalue weighted by molar-refractivity contribution is 0.0462. The Morgan fingerprint density at radius 2 is 1.86 bits per heavy atom. The Balaban J connectivity index is 1.77. The number of aromatic nitrogens is 2. The van der Waals surface area contributed by atoms with Crippen LogP contribution in [0.5, 0.6) is 0 Å². The smallest absolute Gasteiger partial charge is 0.338 e. The largest absolute Gasteiger partial charge is 0.454 e. The minimum absolute atomic E-state index is 0.170. The third-order valence-electron chi connectivity index (χ3n) is 3.08. The molecule has 0 amide bonds. The average molecular weight is 298 g/mol. The minimum atomic E-state index is -0.615. The lowest BCUT2D eigenvalue weighted by Gasteiger charge is -2.05. The zero-order valence-corrected chi connectivity index (χ0v) is 11.4. The topological polar surface area (TPSA) is 72.0 Å². The van der Waals surface area contributed by atoms with Gasteiger partial charge in [0.05, 0.1) is 16.5 Å². The highest BCUT2D eigenvalue weighted by molar-refractivity contribution is 5.89. The number of nitrogens with one attached hydrogen (secondary N) is 1. The molecular formula is C16H11FN2O3. The average Bonchev–Trinajstić information content (AvgIpc) is 2.53. The molecule has 2 aromatic carbocycles. The number of fused-ring (bicyclic) bond motifs is 1. The third kappa shape index (κ3) is 2.85. The van der Waals surface area contributed by atoms with Crippen molar-refractivity contribution >= 4 is 16.9 Å². The van der Waals surface area contributed by atoms with E-state index in [4.69, 9.17) is 4.74 Å². The van der Waals surface area contributed by atoms with Gasteiger partial charge in [0.15, 0.2) is 0 Å². The van der Waals surface area contributed by atoms with E-state index in [1.807, 2.05) is 0 Å². The van der Waals surface area contributed by atoms with E-state index < -0.39 is 11.8 Å². The zero-order chi connectivity index (χ0) is 15.5. The summed E-state index contributed by atoms with van der Waals surface area (Å²) in [5.41, 5.74) is 0.460. The molecule has 0 saturated carbocycles. The van der Waals surface area contributed by atoms with Crippen LogP contribution in [0.4, 0.5) is 4.39 Å². The Hall–Kier alpha value is -3.02. The van der Waals surface area contributed by atoms with Crippen molar-refractivity contribution in [1.82, 2.24) is 9.97 Å². The number of hydrogen-bond acceptors (Lipinski definition) is 4. The molecule has 0 radical (unpaired) electrons. The number of halogens is 1. The first-order valence-corrected chi connectivity index (χ1v) is 6.54. The van der Waals surface area contributed by atoms with Gasteiger partial charge in [-0.3, -0.25) is 4.79 Å². The molecule has 0 aliphatic heterocycles. The van der Waals surface area contributed by atoms with E-state index in [9.17, 15) is 14.0 Å². The van der Waals surface area contributed by atoms with Gasteiger partial charge >= 0.3 is 5.97 Å². The second-order valence-electron chi connectivity index (χ2n) is 4.61. The van der Waals surface area contributed by atoms with Crippen LogP contribution in [0.1, 0.15) is 16.2 Å². The Kier molecular flexibility index (Phi) is 3.65. The van der Waals surface area contributed by atoms with Gasteiger partial charge in [0.1, 0.15) is 18.2 Å². The molecule has 0 aliphatic rings. The fourth-order valence-electron chi connectivity index (χ4n) is 2.01. The molecular weight excluding hydrogens is 287 g/mol. The first-order valence-electron chi connectivity index (χ1n) is 6.54. The number of esters is 1. The van der Waals surface area contributed by atoms with Crippen LogP contribution in [0.25, 0.3) is 10.9 Å². The van der Waals surface area contributed by atoms with E-state index in [0.717, 1.165) is 0 Å². The summed E-state index contributed by atoms with van der Waals surface area (Å²) in [6, 6.07) is 11.9. The van der Waals surface area contributed by atoms with Gasteiger partial charge in [-0.2, -0.15) is 0 Å². The number of para-hydroxylation sites is 1. The highest BCUT2D eigenvalue weighted by atomic mass is 19.1. The molecule has 1 heterocycles. The van der Waals surface area contributed by atoms with Crippen molar-refractivity contribution in [3.8, 4) is 0 Å². The van der Waals surface area contributed by atoms with Gasteiger partial charge in [0.25, 0.3) is 5.56 Å². The molecule has 22 heavy (non-hydrogen) atoms. The molecule has 0 saturated heterocycles. The predicted molar refractivity (Wildman–Crippen MR) is 77.9 cm³/mol. The number of benzene rings is 2. The standard InChI is InChI=1S/C16H11FN2O3/c17-11-7-5-10(6-8-11)16(21)22-9-14-18-13-4-2-1-3-12(13)15(20)19-14/h1-8H,9H2,(H,18,19,20). The number of nitrogens with zero attached hydrogens (tertiary/aromatic N) is 1. The molecule has 3 rings (SSSR count). The van der Waals surface area contributed by atoms with Gasteiger partial charge in [0.2, 0.25) is 0 Å². The quantitative estimate of drug-likeness (QED) is 0.754. The summed E-state index contributed by atoms with van der Waals surface area (Å²) in [6.07, 6.45) is 0. The fraction of sp³-hybridized carbons (Fsp3) is 0.0625. The van der Waals surface area contributed by atoms with E-state index in [0.29, 0.717) is 10.9 Å². The predicted octanol–water partition coefficient (Wildman–Crippen LogP) is 2.42. The van der Waals surface area contributed by atoms with E-state index in [-0.39, 0.29) is 23.6 Å². The van der Waals surface area contributed by atoms with Crippen LogP contribution in [0.15, 0.2) is 53.3 Å². The molecule has 110 valence electrons. The van der Waals surface area contributed by atoms with Crippen LogP contribution in [0, 0.1) is 5.82 Å². The number of rotatable bonds is 3. The van der Waals surface area contributed by atoms with Crippen molar-refractivity contribution in [2.75, 3.05) is 0 Å². The summed E-state index contributed by atoms with van der Waals surface area (Å²) in [7, 11) is 0. The van der Waals surface area contributed by atoms with Crippen molar-refractivity contribution in [3.63, 3.8) is 0 Å². The number of carbonyl (C=O) groups is 1. The van der Waals surface area contributed by atoms with Crippen molar-refractivity contribution in [2.24, 2.45) is 0 Å². The molecule has 0 fully saturated rings. The number of aromatic amines is 1. The molecule has 1 N–H and O–H groups in total. The summed E-state index contributed by atoms with van der Waals surface area (Å²) in [4.78, 5) is 30.5. The van der Waals surface area contributed by atoms with Crippen LogP contribution < -0.4 is 5.56 Å². The van der Waals surface area contributed by atoms with Crippen LogP contribution in [-0.4, -0.2) is 15.9 Å².